The van der Waals surface area contributed by atoms with Crippen LogP contribution < -0.4 is 5.32 Å². The van der Waals surface area contributed by atoms with E-state index in [1.807, 2.05) is 24.3 Å². The molecule has 2 amide bonds. The Morgan fingerprint density at radius 1 is 1.10 bits per heavy atom. The number of benzene rings is 1. The number of hydrogen-bond donors (Lipinski definition) is 2. The molecule has 5 rings (SSSR count). The van der Waals surface area contributed by atoms with Gasteiger partial charge in [-0.2, -0.15) is 5.21 Å². The van der Waals surface area contributed by atoms with Crippen molar-refractivity contribution in [1.82, 2.24) is 35.7 Å². The molecule has 2 aromatic rings. The molecule has 42 heavy (non-hydrogen) atoms. The molecule has 3 heterocycles. The fourth-order valence-corrected chi connectivity index (χ4v) is 7.25. The van der Waals surface area contributed by atoms with Gasteiger partial charge >= 0.3 is 0 Å². The average molecular weight is 577 g/mol. The highest BCUT2D eigenvalue weighted by atomic mass is 16.2. The summed E-state index contributed by atoms with van der Waals surface area (Å²) in [5.41, 5.74) is 1.32. The van der Waals surface area contributed by atoms with Crippen LogP contribution in [-0.4, -0.2) is 66.8 Å². The molecule has 1 atom stereocenters. The van der Waals surface area contributed by atoms with Crippen molar-refractivity contribution in [3.8, 4) is 0 Å². The number of carbonyl (C=O) groups is 2. The first-order valence-corrected chi connectivity index (χ1v) is 15.8. The molecular formula is C32H48N8O2. The van der Waals surface area contributed by atoms with E-state index in [9.17, 15) is 9.59 Å². The van der Waals surface area contributed by atoms with E-state index in [2.05, 4.69) is 77.3 Å². The molecule has 0 bridgehead atoms. The van der Waals surface area contributed by atoms with E-state index in [-0.39, 0.29) is 29.8 Å². The second-order valence-electron chi connectivity index (χ2n) is 13.9. The van der Waals surface area contributed by atoms with Crippen LogP contribution in [-0.2, 0) is 11.3 Å². The van der Waals surface area contributed by atoms with Gasteiger partial charge < -0.3 is 15.1 Å². The average Bonchev–Trinajstić information content (AvgIpc) is 3.59. The lowest BCUT2D eigenvalue weighted by atomic mass is 9.69. The normalized spacial score (nSPS) is 24.4. The van der Waals surface area contributed by atoms with E-state index in [1.165, 1.54) is 0 Å². The van der Waals surface area contributed by atoms with Crippen molar-refractivity contribution in [2.45, 2.75) is 105 Å². The number of aromatic nitrogens is 4. The van der Waals surface area contributed by atoms with Gasteiger partial charge in [0.15, 0.2) is 11.7 Å². The molecule has 1 spiro atoms. The van der Waals surface area contributed by atoms with E-state index >= 15 is 0 Å². The van der Waals surface area contributed by atoms with Gasteiger partial charge in [-0.15, -0.1) is 10.2 Å². The predicted octanol–water partition coefficient (Wildman–Crippen LogP) is 5.12. The van der Waals surface area contributed by atoms with Gasteiger partial charge in [-0.1, -0.05) is 58.9 Å². The number of piperidine rings is 1. The van der Waals surface area contributed by atoms with E-state index in [0.717, 1.165) is 63.6 Å². The Hall–Kier alpha value is -3.30. The van der Waals surface area contributed by atoms with Gasteiger partial charge in [-0.3, -0.25) is 9.59 Å². The van der Waals surface area contributed by atoms with Crippen molar-refractivity contribution >= 4 is 17.6 Å². The summed E-state index contributed by atoms with van der Waals surface area (Å²) in [5.74, 6) is 2.95. The molecule has 1 aromatic carbocycles. The molecule has 228 valence electrons. The number of amides is 2. The number of amidine groups is 1. The van der Waals surface area contributed by atoms with Crippen LogP contribution in [0.1, 0.15) is 114 Å². The highest BCUT2D eigenvalue weighted by Gasteiger charge is 2.53. The quantitative estimate of drug-likeness (QED) is 0.472. The maximum absolute atomic E-state index is 14.4. The lowest BCUT2D eigenvalue weighted by molar-refractivity contribution is -0.134. The molecule has 2 fully saturated rings. The minimum Gasteiger partial charge on any atom is -0.352 e. The van der Waals surface area contributed by atoms with Crippen molar-refractivity contribution < 1.29 is 9.59 Å². The van der Waals surface area contributed by atoms with Crippen molar-refractivity contribution in [3.63, 3.8) is 0 Å². The molecule has 1 saturated carbocycles. The Labute approximate surface area is 250 Å². The molecule has 10 heteroatoms. The number of rotatable bonds is 7. The second kappa shape index (κ2) is 12.1. The van der Waals surface area contributed by atoms with Crippen LogP contribution in [0.2, 0.25) is 0 Å². The first-order chi connectivity index (χ1) is 20.0. The number of likely N-dealkylation sites (tertiary alicyclic amines) is 1. The SMILES string of the molecule is CC[C@H](c1ccc(C(=O)NCc2nn[nH]n2)cc1)N1C(=O)C(N2CCC(C(C)C)CC2)=NC12CCC(C(C)(C)C)CC2. The summed E-state index contributed by atoms with van der Waals surface area (Å²) in [5, 5.41) is 16.5. The minimum atomic E-state index is -0.510. The predicted molar refractivity (Wildman–Crippen MR) is 162 cm³/mol. The zero-order valence-electron chi connectivity index (χ0n) is 26.2. The summed E-state index contributed by atoms with van der Waals surface area (Å²) >= 11 is 0. The Kier molecular flexibility index (Phi) is 8.71. The molecule has 0 radical (unpaired) electrons. The maximum Gasteiger partial charge on any atom is 0.291 e. The monoisotopic (exact) mass is 576 g/mol. The standard InChI is InChI=1S/C32H48N8O2/c1-7-26(23-8-10-24(11-9-23)29(41)33-20-27-35-37-38-36-27)40-30(42)28(39-18-14-22(15-19-39)21(2)3)34-32(40)16-12-25(13-17-32)31(4,5)6/h8-11,21-22,25-26H,7,12-20H2,1-6H3,(H,33,41)(H,35,36,37,38)/t25?,26-,32?/m1/s1. The number of aliphatic imine (C=N–C) groups is 1. The summed E-state index contributed by atoms with van der Waals surface area (Å²) in [4.78, 5) is 36.9. The number of aromatic amines is 1. The number of tetrazole rings is 1. The zero-order chi connectivity index (χ0) is 30.1. The van der Waals surface area contributed by atoms with E-state index in [1.54, 1.807) is 0 Å². The number of nitrogens with zero attached hydrogens (tertiary/aromatic N) is 6. The molecule has 1 aliphatic carbocycles. The van der Waals surface area contributed by atoms with Crippen molar-refractivity contribution in [2.24, 2.45) is 28.2 Å². The van der Waals surface area contributed by atoms with Gasteiger partial charge in [0, 0.05) is 18.7 Å². The van der Waals surface area contributed by atoms with Crippen LogP contribution in [0.4, 0.5) is 0 Å². The van der Waals surface area contributed by atoms with Crippen LogP contribution in [0.5, 0.6) is 0 Å². The summed E-state index contributed by atoms with van der Waals surface area (Å²) < 4.78 is 0. The Morgan fingerprint density at radius 3 is 2.31 bits per heavy atom. The number of H-pyrrole nitrogens is 1. The van der Waals surface area contributed by atoms with Gasteiger partial charge in [0.25, 0.3) is 11.8 Å². The topological polar surface area (TPSA) is 119 Å². The smallest absolute Gasteiger partial charge is 0.291 e. The third-order valence-electron chi connectivity index (χ3n) is 10.0. The summed E-state index contributed by atoms with van der Waals surface area (Å²) in [6.07, 6.45) is 6.90. The Bertz CT molecular complexity index is 1250. The van der Waals surface area contributed by atoms with Gasteiger partial charge in [0.2, 0.25) is 0 Å². The molecule has 1 aromatic heterocycles. The van der Waals surface area contributed by atoms with Gasteiger partial charge in [-0.05, 0) is 85.8 Å². The van der Waals surface area contributed by atoms with Gasteiger partial charge in [-0.25, -0.2) is 4.99 Å². The summed E-state index contributed by atoms with van der Waals surface area (Å²) in [6.45, 7) is 15.7. The highest BCUT2D eigenvalue weighted by Crippen LogP contribution is 2.49. The van der Waals surface area contributed by atoms with Crippen LogP contribution in [0, 0.1) is 23.2 Å². The molecule has 0 unspecified atom stereocenters. The van der Waals surface area contributed by atoms with E-state index in [4.69, 9.17) is 4.99 Å². The van der Waals surface area contributed by atoms with Crippen LogP contribution in [0.15, 0.2) is 29.3 Å². The second-order valence-corrected chi connectivity index (χ2v) is 13.9. The fourth-order valence-electron chi connectivity index (χ4n) is 7.25. The summed E-state index contributed by atoms with van der Waals surface area (Å²) in [7, 11) is 0. The van der Waals surface area contributed by atoms with E-state index in [0.29, 0.717) is 35.0 Å². The fraction of sp³-hybridized carbons (Fsp3) is 0.688. The third-order valence-corrected chi connectivity index (χ3v) is 10.0. The van der Waals surface area contributed by atoms with Crippen molar-refractivity contribution in [2.75, 3.05) is 13.1 Å². The molecule has 2 aliphatic heterocycles. The third kappa shape index (κ3) is 6.08. The van der Waals surface area contributed by atoms with Crippen molar-refractivity contribution in [1.29, 1.82) is 0 Å². The van der Waals surface area contributed by atoms with Crippen molar-refractivity contribution in [3.05, 3.63) is 41.2 Å². The lowest BCUT2D eigenvalue weighted by Gasteiger charge is -2.47. The molecule has 3 aliphatic rings. The molecular weight excluding hydrogens is 528 g/mol. The molecule has 1 saturated heterocycles. The molecule has 10 nitrogen and oxygen atoms in total. The first kappa shape index (κ1) is 30.2. The van der Waals surface area contributed by atoms with Crippen LogP contribution in [0.25, 0.3) is 0 Å². The zero-order valence-corrected chi connectivity index (χ0v) is 26.2. The Morgan fingerprint density at radius 2 is 1.76 bits per heavy atom. The van der Waals surface area contributed by atoms with Crippen LogP contribution in [0.3, 0.4) is 0 Å². The number of hydrogen-bond acceptors (Lipinski definition) is 7. The number of nitrogens with one attached hydrogen (secondary N) is 2. The van der Waals surface area contributed by atoms with Crippen LogP contribution >= 0.6 is 0 Å². The molecule has 2 N–H and O–H groups in total. The maximum atomic E-state index is 14.4. The van der Waals surface area contributed by atoms with Gasteiger partial charge in [0.05, 0.1) is 12.6 Å². The first-order valence-electron chi connectivity index (χ1n) is 15.8. The largest absolute Gasteiger partial charge is 0.352 e. The minimum absolute atomic E-state index is 0.0704. The summed E-state index contributed by atoms with van der Waals surface area (Å²) in [6, 6.07) is 7.54. The number of carbonyl (C=O) groups excluding carboxylic acids is 2. The highest BCUT2D eigenvalue weighted by molar-refractivity contribution is 6.39. The lowest BCUT2D eigenvalue weighted by Crippen LogP contribution is -2.52. The van der Waals surface area contributed by atoms with E-state index < -0.39 is 5.66 Å². The Balaban J connectivity index is 1.38. The van der Waals surface area contributed by atoms with Gasteiger partial charge in [0.1, 0.15) is 5.66 Å².